The molecule has 2 aromatic rings. The molecule has 0 fully saturated rings. The van der Waals surface area contributed by atoms with E-state index in [0.29, 0.717) is 6.61 Å². The minimum atomic E-state index is -0.0910. The van der Waals surface area contributed by atoms with E-state index in [0.717, 1.165) is 6.42 Å². The molecule has 0 atom stereocenters. The Morgan fingerprint density at radius 2 is 1.67 bits per heavy atom. The molecule has 1 aromatic carbocycles. The Hall–Kier alpha value is -1.12. The van der Waals surface area contributed by atoms with Crippen molar-refractivity contribution in [1.29, 1.82) is 0 Å². The number of benzene rings is 1. The van der Waals surface area contributed by atoms with Crippen LogP contribution in [0.3, 0.4) is 0 Å². The average molecular weight is 302 g/mol. The fraction of sp³-hybridized carbons (Fsp3) is 0.474. The largest absolute Gasteiger partial charge is 0.371 e. The first-order valence-electron chi connectivity index (χ1n) is 7.52. The summed E-state index contributed by atoms with van der Waals surface area (Å²) in [4.78, 5) is 1.44. The van der Waals surface area contributed by atoms with Crippen LogP contribution < -0.4 is 0 Å². The minimum absolute atomic E-state index is 0.0910. The lowest BCUT2D eigenvalue weighted by atomic mass is 9.84. The molecule has 0 aliphatic rings. The summed E-state index contributed by atoms with van der Waals surface area (Å²) in [5, 5.41) is 2.16. The molecular weight excluding hydrogens is 276 g/mol. The number of rotatable bonds is 5. The zero-order chi connectivity index (χ0) is 15.5. The van der Waals surface area contributed by atoms with Crippen molar-refractivity contribution in [3.63, 3.8) is 0 Å². The van der Waals surface area contributed by atoms with Gasteiger partial charge >= 0.3 is 0 Å². The number of ether oxygens (including phenoxy) is 1. The van der Waals surface area contributed by atoms with E-state index in [4.69, 9.17) is 4.74 Å². The van der Waals surface area contributed by atoms with Gasteiger partial charge in [0.15, 0.2) is 0 Å². The Morgan fingerprint density at radius 1 is 0.952 bits per heavy atom. The fourth-order valence-corrected chi connectivity index (χ4v) is 3.24. The zero-order valence-electron chi connectivity index (χ0n) is 13.8. The summed E-state index contributed by atoms with van der Waals surface area (Å²) >= 11 is 1.84. The molecule has 2 rings (SSSR count). The maximum Gasteiger partial charge on any atom is 0.0724 e. The highest BCUT2D eigenvalue weighted by Gasteiger charge is 2.22. The monoisotopic (exact) mass is 302 g/mol. The molecule has 21 heavy (non-hydrogen) atoms. The quantitative estimate of drug-likeness (QED) is 0.700. The lowest BCUT2D eigenvalue weighted by Crippen LogP contribution is -2.20. The van der Waals surface area contributed by atoms with E-state index < -0.39 is 0 Å². The van der Waals surface area contributed by atoms with Crippen LogP contribution in [0.2, 0.25) is 0 Å². The normalized spacial score (nSPS) is 12.6. The summed E-state index contributed by atoms with van der Waals surface area (Å²) in [5.41, 5.74) is 2.72. The van der Waals surface area contributed by atoms with Crippen molar-refractivity contribution in [3.05, 3.63) is 57.8 Å². The van der Waals surface area contributed by atoms with Gasteiger partial charge in [-0.2, -0.15) is 0 Å². The molecular formula is C19H26OS. The van der Waals surface area contributed by atoms with Crippen LogP contribution in [0.25, 0.3) is 0 Å². The summed E-state index contributed by atoms with van der Waals surface area (Å²) in [6.07, 6.45) is 1.05. The molecule has 2 heteroatoms. The van der Waals surface area contributed by atoms with Crippen molar-refractivity contribution in [3.8, 4) is 0 Å². The van der Waals surface area contributed by atoms with Gasteiger partial charge in [-0.05, 0) is 49.8 Å². The summed E-state index contributed by atoms with van der Waals surface area (Å²) in [5.74, 6) is 0. The second-order valence-electron chi connectivity index (χ2n) is 7.26. The van der Waals surface area contributed by atoms with E-state index in [2.05, 4.69) is 76.4 Å². The topological polar surface area (TPSA) is 9.23 Å². The summed E-state index contributed by atoms with van der Waals surface area (Å²) in [7, 11) is 0. The summed E-state index contributed by atoms with van der Waals surface area (Å²) in [6.45, 7) is 11.6. The fourth-order valence-electron chi connectivity index (χ4n) is 2.39. The standard InChI is InChI=1S/C19H26OS/c1-18(2,3)20-14-16-9-6-8-15(12-16)13-19(4,5)17-10-7-11-21-17/h6-12H,13-14H2,1-5H3. The molecule has 0 amide bonds. The second-order valence-corrected chi connectivity index (χ2v) is 8.21. The van der Waals surface area contributed by atoms with Crippen LogP contribution in [-0.4, -0.2) is 5.60 Å². The molecule has 0 saturated heterocycles. The molecule has 0 saturated carbocycles. The van der Waals surface area contributed by atoms with Crippen LogP contribution >= 0.6 is 11.3 Å². The first-order chi connectivity index (χ1) is 9.76. The van der Waals surface area contributed by atoms with Gasteiger partial charge in [-0.15, -0.1) is 11.3 Å². The molecule has 0 radical (unpaired) electrons. The van der Waals surface area contributed by atoms with Crippen LogP contribution in [-0.2, 0) is 23.2 Å². The molecule has 1 heterocycles. The van der Waals surface area contributed by atoms with E-state index in [1.54, 1.807) is 0 Å². The molecule has 1 nitrogen and oxygen atoms in total. The Bertz CT molecular complexity index is 562. The SMILES string of the molecule is CC(C)(C)OCc1cccc(CC(C)(C)c2cccs2)c1. The highest BCUT2D eigenvalue weighted by Crippen LogP contribution is 2.31. The van der Waals surface area contributed by atoms with Crippen LogP contribution in [0.15, 0.2) is 41.8 Å². The Labute approximate surface area is 133 Å². The van der Waals surface area contributed by atoms with Crippen molar-refractivity contribution in [2.75, 3.05) is 0 Å². The molecule has 0 aliphatic heterocycles. The molecule has 0 aliphatic carbocycles. The highest BCUT2D eigenvalue weighted by atomic mass is 32.1. The first kappa shape index (κ1) is 16.3. The Balaban J connectivity index is 2.07. The molecule has 1 aromatic heterocycles. The smallest absolute Gasteiger partial charge is 0.0724 e. The first-order valence-corrected chi connectivity index (χ1v) is 8.40. The lowest BCUT2D eigenvalue weighted by molar-refractivity contribution is -0.0149. The highest BCUT2D eigenvalue weighted by molar-refractivity contribution is 7.10. The maximum atomic E-state index is 5.87. The van der Waals surface area contributed by atoms with Gasteiger partial charge in [-0.25, -0.2) is 0 Å². The lowest BCUT2D eigenvalue weighted by Gasteiger charge is -2.24. The van der Waals surface area contributed by atoms with E-state index in [1.165, 1.54) is 16.0 Å². The van der Waals surface area contributed by atoms with Gasteiger partial charge in [0, 0.05) is 10.3 Å². The second kappa shape index (κ2) is 6.33. The van der Waals surface area contributed by atoms with Gasteiger partial charge in [0.1, 0.15) is 0 Å². The summed E-state index contributed by atoms with van der Waals surface area (Å²) in [6, 6.07) is 13.2. The van der Waals surface area contributed by atoms with E-state index in [9.17, 15) is 0 Å². The van der Waals surface area contributed by atoms with Gasteiger partial charge in [0.25, 0.3) is 0 Å². The Morgan fingerprint density at radius 3 is 2.29 bits per heavy atom. The van der Waals surface area contributed by atoms with Gasteiger partial charge in [0.05, 0.1) is 12.2 Å². The molecule has 0 N–H and O–H groups in total. The minimum Gasteiger partial charge on any atom is -0.371 e. The Kier molecular flexibility index (Phi) is 4.90. The van der Waals surface area contributed by atoms with Crippen molar-refractivity contribution in [2.24, 2.45) is 0 Å². The van der Waals surface area contributed by atoms with Crippen molar-refractivity contribution in [1.82, 2.24) is 0 Å². The molecule has 0 bridgehead atoms. The predicted molar refractivity (Wildman–Crippen MR) is 92.0 cm³/mol. The van der Waals surface area contributed by atoms with Crippen LogP contribution in [0, 0.1) is 0 Å². The summed E-state index contributed by atoms with van der Waals surface area (Å²) < 4.78 is 5.87. The van der Waals surface area contributed by atoms with Gasteiger partial charge < -0.3 is 4.74 Å². The third-order valence-electron chi connectivity index (χ3n) is 3.50. The molecule has 114 valence electrons. The van der Waals surface area contributed by atoms with Crippen molar-refractivity contribution in [2.45, 2.75) is 58.7 Å². The zero-order valence-corrected chi connectivity index (χ0v) is 14.6. The third-order valence-corrected chi connectivity index (χ3v) is 4.73. The van der Waals surface area contributed by atoms with Crippen molar-refractivity contribution >= 4 is 11.3 Å². The number of thiophene rings is 1. The van der Waals surface area contributed by atoms with E-state index in [-0.39, 0.29) is 11.0 Å². The number of hydrogen-bond acceptors (Lipinski definition) is 2. The number of hydrogen-bond donors (Lipinski definition) is 0. The average Bonchev–Trinajstić information content (AvgIpc) is 2.90. The van der Waals surface area contributed by atoms with Gasteiger partial charge in [0.2, 0.25) is 0 Å². The van der Waals surface area contributed by atoms with Crippen LogP contribution in [0.1, 0.15) is 50.6 Å². The van der Waals surface area contributed by atoms with Crippen molar-refractivity contribution < 1.29 is 4.74 Å². The third kappa shape index (κ3) is 4.98. The maximum absolute atomic E-state index is 5.87. The van der Waals surface area contributed by atoms with Crippen LogP contribution in [0.5, 0.6) is 0 Å². The van der Waals surface area contributed by atoms with Gasteiger partial charge in [-0.3, -0.25) is 0 Å². The predicted octanol–water partition coefficient (Wildman–Crippen LogP) is 5.58. The molecule has 0 unspecified atom stereocenters. The van der Waals surface area contributed by atoms with Gasteiger partial charge in [-0.1, -0.05) is 44.2 Å². The van der Waals surface area contributed by atoms with E-state index in [1.807, 2.05) is 11.3 Å². The van der Waals surface area contributed by atoms with Crippen LogP contribution in [0.4, 0.5) is 0 Å². The van der Waals surface area contributed by atoms with E-state index >= 15 is 0 Å². The molecule has 0 spiro atoms.